The fourth-order valence-corrected chi connectivity index (χ4v) is 8.13. The third kappa shape index (κ3) is 19.7. The molecule has 2 aromatic carbocycles. The van der Waals surface area contributed by atoms with Crippen molar-refractivity contribution in [1.29, 1.82) is 0 Å². The normalized spacial score (nSPS) is 11.3. The average Bonchev–Trinajstić information content (AvgIpc) is 3.55. The molecular weight excluding hydrogens is 717 g/mol. The number of imidazole rings is 1. The predicted octanol–water partition coefficient (Wildman–Crippen LogP) is 14.9. The summed E-state index contributed by atoms with van der Waals surface area (Å²) < 4.78 is 6.33. The number of benzene rings is 2. The first-order valence-corrected chi connectivity index (χ1v) is 23.2. The van der Waals surface area contributed by atoms with Gasteiger partial charge in [0.1, 0.15) is 0 Å². The van der Waals surface area contributed by atoms with Gasteiger partial charge in [-0.15, -0.1) is 0 Å². The number of hydrogen-bond donors (Lipinski definition) is 2. The van der Waals surface area contributed by atoms with Crippen molar-refractivity contribution in [2.75, 3.05) is 17.7 Å². The van der Waals surface area contributed by atoms with E-state index in [1.165, 1.54) is 147 Å². The molecule has 0 saturated carbocycles. The van der Waals surface area contributed by atoms with Crippen LogP contribution < -0.4 is 10.6 Å². The van der Waals surface area contributed by atoms with Crippen LogP contribution in [0.1, 0.15) is 198 Å². The van der Waals surface area contributed by atoms with Gasteiger partial charge in [-0.2, -0.15) is 0 Å². The lowest BCUT2D eigenvalue weighted by atomic mass is 10.0. The van der Waals surface area contributed by atoms with Crippen LogP contribution in [0.2, 0.25) is 0 Å². The van der Waals surface area contributed by atoms with Gasteiger partial charge in [-0.25, -0.2) is 14.3 Å². The van der Waals surface area contributed by atoms with Gasteiger partial charge in [-0.3, -0.25) is 14.9 Å². The van der Waals surface area contributed by atoms with Gasteiger partial charge >= 0.3 is 6.09 Å². The average molecular weight is 791 g/mol. The predicted molar refractivity (Wildman–Crippen MR) is 236 cm³/mol. The van der Waals surface area contributed by atoms with Crippen LogP contribution in [0.3, 0.4) is 0 Å². The Kier molecular flexibility index (Phi) is 25.1. The van der Waals surface area contributed by atoms with Gasteiger partial charge < -0.3 is 10.1 Å². The number of hydrogen-bond acceptors (Lipinski definition) is 6. The molecule has 9 heteroatoms. The summed E-state index contributed by atoms with van der Waals surface area (Å²) in [6, 6.07) is 13.7. The highest BCUT2D eigenvalue weighted by atomic mass is 32.2. The molecule has 0 bridgehead atoms. The van der Waals surface area contributed by atoms with E-state index in [-0.39, 0.29) is 17.8 Å². The molecule has 3 aromatic rings. The maximum absolute atomic E-state index is 13.5. The van der Waals surface area contributed by atoms with Gasteiger partial charge in [0.05, 0.1) is 18.1 Å². The smallest absolute Gasteiger partial charge is 0.413 e. The summed E-state index contributed by atoms with van der Waals surface area (Å²) >= 11 is 1.58. The molecule has 1 heterocycles. The van der Waals surface area contributed by atoms with Crippen LogP contribution in [0.4, 0.5) is 16.4 Å². The quantitative estimate of drug-likeness (QED) is 0.0611. The molecular formula is C47H74N4O4S. The van der Waals surface area contributed by atoms with Crippen molar-refractivity contribution in [2.24, 2.45) is 0 Å². The van der Waals surface area contributed by atoms with Gasteiger partial charge in [0.25, 0.3) is 0 Å². The number of carbonyl (C=O) groups is 3. The van der Waals surface area contributed by atoms with Crippen LogP contribution in [0, 0.1) is 0 Å². The van der Waals surface area contributed by atoms with Crippen molar-refractivity contribution in [1.82, 2.24) is 9.55 Å². The number of ether oxygens (including phenoxy) is 1. The van der Waals surface area contributed by atoms with Crippen molar-refractivity contribution < 1.29 is 19.1 Å². The second-order valence-corrected chi connectivity index (χ2v) is 16.7. The van der Waals surface area contributed by atoms with Gasteiger partial charge in [-0.1, -0.05) is 180 Å². The maximum atomic E-state index is 13.5. The monoisotopic (exact) mass is 791 g/mol. The maximum Gasteiger partial charge on any atom is 0.413 e. The third-order valence-electron chi connectivity index (χ3n) is 10.6. The summed E-state index contributed by atoms with van der Waals surface area (Å²) in [6.45, 7) is 4.53. The Morgan fingerprint density at radius 1 is 0.571 bits per heavy atom. The standard InChI is InChI=1S/C47H74N4O4S/c1-4-6-8-10-12-14-16-18-20-22-24-26-28-30-44(52)48-39-32-34-40(35-33-39)56-41-36-37-43-42(38-41)49-46(50-47(54)55-3)51(43)45(53)31-29-27-25-23-21-19-17-15-13-11-9-7-5-2/h32-38H,4-31H2,1-3H3,(H,48,52)(H,49,50,54). The second kappa shape index (κ2) is 29.8. The van der Waals surface area contributed by atoms with Gasteiger partial charge in [0, 0.05) is 28.3 Å². The zero-order chi connectivity index (χ0) is 40.1. The molecule has 0 saturated heterocycles. The van der Waals surface area contributed by atoms with E-state index in [2.05, 4.69) is 29.5 Å². The Labute approximate surface area is 343 Å². The van der Waals surface area contributed by atoms with Crippen LogP contribution in [0.5, 0.6) is 0 Å². The summed E-state index contributed by atoms with van der Waals surface area (Å²) in [5.41, 5.74) is 2.07. The SMILES string of the molecule is CCCCCCCCCCCCCCCC(=O)Nc1ccc(Sc2ccc3c(c2)nc(NC(=O)OC)n3C(=O)CCCCCCCCCCCCCCC)cc1. The number of amides is 2. The number of carbonyl (C=O) groups excluding carboxylic acids is 3. The highest BCUT2D eigenvalue weighted by Gasteiger charge is 2.19. The third-order valence-corrected chi connectivity index (χ3v) is 11.6. The van der Waals surface area contributed by atoms with E-state index in [9.17, 15) is 14.4 Å². The summed E-state index contributed by atoms with van der Waals surface area (Å²) in [5.74, 6) is 0.149. The lowest BCUT2D eigenvalue weighted by Crippen LogP contribution is -2.19. The Hall–Kier alpha value is -3.33. The summed E-state index contributed by atoms with van der Waals surface area (Å²) in [4.78, 5) is 44.8. The van der Waals surface area contributed by atoms with Crippen LogP contribution >= 0.6 is 11.8 Å². The zero-order valence-corrected chi connectivity index (χ0v) is 36.1. The minimum Gasteiger partial charge on any atom is -0.453 e. The fourth-order valence-electron chi connectivity index (χ4n) is 7.28. The topological polar surface area (TPSA) is 102 Å². The molecule has 2 N–H and O–H groups in total. The molecule has 2 amide bonds. The largest absolute Gasteiger partial charge is 0.453 e. The van der Waals surface area contributed by atoms with Gasteiger partial charge in [0.15, 0.2) is 0 Å². The molecule has 8 nitrogen and oxygen atoms in total. The number of methoxy groups -OCH3 is 1. The molecule has 0 unspecified atom stereocenters. The molecule has 1 aromatic heterocycles. The lowest BCUT2D eigenvalue weighted by Gasteiger charge is -2.09. The van der Waals surface area contributed by atoms with Crippen LogP contribution in [0.25, 0.3) is 11.0 Å². The molecule has 3 rings (SSSR count). The van der Waals surface area contributed by atoms with E-state index >= 15 is 0 Å². The number of aromatic nitrogens is 2. The van der Waals surface area contributed by atoms with Crippen molar-refractivity contribution in [3.05, 3.63) is 42.5 Å². The van der Waals surface area contributed by atoms with Crippen molar-refractivity contribution in [2.45, 2.75) is 203 Å². The minimum atomic E-state index is -0.665. The lowest BCUT2D eigenvalue weighted by molar-refractivity contribution is -0.116. The number of unbranched alkanes of at least 4 members (excludes halogenated alkanes) is 24. The summed E-state index contributed by atoms with van der Waals surface area (Å²) in [6.07, 6.45) is 33.3. The Balaban J connectivity index is 1.38. The first-order valence-electron chi connectivity index (χ1n) is 22.4. The number of nitrogens with zero attached hydrogens (tertiary/aromatic N) is 2. The van der Waals surface area contributed by atoms with Crippen LogP contribution in [-0.2, 0) is 9.53 Å². The minimum absolute atomic E-state index is 0.0644. The summed E-state index contributed by atoms with van der Waals surface area (Å²) in [7, 11) is 1.30. The van der Waals surface area contributed by atoms with Crippen molar-refractivity contribution in [3.63, 3.8) is 0 Å². The molecule has 0 aliphatic carbocycles. The van der Waals surface area contributed by atoms with E-state index in [4.69, 9.17) is 4.74 Å². The first kappa shape index (κ1) is 47.0. The molecule has 0 fully saturated rings. The number of rotatable bonds is 32. The number of anilines is 2. The molecule has 0 aliphatic rings. The number of fused-ring (bicyclic) bond motifs is 1. The van der Waals surface area contributed by atoms with E-state index in [1.807, 2.05) is 42.5 Å². The van der Waals surface area contributed by atoms with E-state index in [0.29, 0.717) is 23.9 Å². The molecule has 0 aliphatic heterocycles. The van der Waals surface area contributed by atoms with Crippen molar-refractivity contribution in [3.8, 4) is 0 Å². The van der Waals surface area contributed by atoms with Gasteiger partial charge in [0.2, 0.25) is 17.8 Å². The van der Waals surface area contributed by atoms with Crippen LogP contribution in [-0.4, -0.2) is 34.6 Å². The molecule has 0 atom stereocenters. The van der Waals surface area contributed by atoms with Crippen molar-refractivity contribution >= 4 is 52.3 Å². The highest BCUT2D eigenvalue weighted by Crippen LogP contribution is 2.32. The summed E-state index contributed by atoms with van der Waals surface area (Å²) in [5, 5.41) is 5.68. The molecule has 0 spiro atoms. The van der Waals surface area contributed by atoms with Gasteiger partial charge in [-0.05, 0) is 55.3 Å². The Morgan fingerprint density at radius 3 is 1.50 bits per heavy atom. The zero-order valence-electron chi connectivity index (χ0n) is 35.3. The van der Waals surface area contributed by atoms with E-state index in [0.717, 1.165) is 47.6 Å². The highest BCUT2D eigenvalue weighted by molar-refractivity contribution is 7.99. The Bertz CT molecular complexity index is 1520. The number of nitrogens with one attached hydrogen (secondary N) is 2. The molecule has 312 valence electrons. The first-order chi connectivity index (χ1) is 27.4. The fraction of sp³-hybridized carbons (Fsp3) is 0.660. The van der Waals surface area contributed by atoms with E-state index < -0.39 is 6.09 Å². The molecule has 56 heavy (non-hydrogen) atoms. The molecule has 0 radical (unpaired) electrons. The Morgan fingerprint density at radius 2 is 1.02 bits per heavy atom. The second-order valence-electron chi connectivity index (χ2n) is 15.6. The van der Waals surface area contributed by atoms with E-state index in [1.54, 1.807) is 11.8 Å². The van der Waals surface area contributed by atoms with Crippen LogP contribution in [0.15, 0.2) is 52.3 Å².